The molecule has 11 heteroatoms. The Morgan fingerprint density at radius 2 is 1.92 bits per heavy atom. The third-order valence-electron chi connectivity index (χ3n) is 6.25. The molecule has 0 unspecified atom stereocenters. The summed E-state index contributed by atoms with van der Waals surface area (Å²) in [6.07, 6.45) is 11.3. The van der Waals surface area contributed by atoms with Gasteiger partial charge in [-0.25, -0.2) is 0 Å². The van der Waals surface area contributed by atoms with E-state index in [1.165, 1.54) is 20.0 Å². The van der Waals surface area contributed by atoms with Gasteiger partial charge in [-0.3, -0.25) is 4.55 Å². The Bertz CT molecular complexity index is 1500. The SMILES string of the molecule is CCCC(/C=C1\Oc2ccc(Cl)cc2N1CCCCS(=O)(=O)O)=C\c1sc2cc(SC)c(SC)cc2[n+]1C. The maximum atomic E-state index is 11.2. The lowest BCUT2D eigenvalue weighted by Crippen LogP contribution is -2.29. The van der Waals surface area contributed by atoms with E-state index in [0.29, 0.717) is 36.0 Å². The van der Waals surface area contributed by atoms with E-state index in [2.05, 4.69) is 55.3 Å². The summed E-state index contributed by atoms with van der Waals surface area (Å²) in [5.41, 5.74) is 3.21. The molecule has 0 bridgehead atoms. The van der Waals surface area contributed by atoms with Gasteiger partial charge >= 0.3 is 0 Å². The summed E-state index contributed by atoms with van der Waals surface area (Å²) in [5.74, 6) is 1.14. The van der Waals surface area contributed by atoms with Gasteiger partial charge in [0, 0.05) is 39.6 Å². The van der Waals surface area contributed by atoms with E-state index in [1.54, 1.807) is 40.9 Å². The van der Waals surface area contributed by atoms with Gasteiger partial charge < -0.3 is 9.64 Å². The van der Waals surface area contributed by atoms with E-state index < -0.39 is 10.1 Å². The first-order valence-corrected chi connectivity index (χ1v) is 17.6. The number of hydrogen-bond donors (Lipinski definition) is 1. The number of aryl methyl sites for hydroxylation is 1. The fourth-order valence-corrected chi connectivity index (χ4v) is 7.82. The number of allylic oxidation sites excluding steroid dienone is 2. The van der Waals surface area contributed by atoms with Crippen molar-refractivity contribution in [3.63, 3.8) is 0 Å². The normalized spacial score (nSPS) is 14.9. The molecule has 0 amide bonds. The number of thioether (sulfide) groups is 2. The van der Waals surface area contributed by atoms with Crippen molar-refractivity contribution in [2.24, 2.45) is 7.05 Å². The van der Waals surface area contributed by atoms with Crippen LogP contribution in [-0.4, -0.2) is 37.8 Å². The van der Waals surface area contributed by atoms with Crippen molar-refractivity contribution in [2.45, 2.75) is 42.4 Å². The van der Waals surface area contributed by atoms with Gasteiger partial charge in [-0.05, 0) is 61.6 Å². The van der Waals surface area contributed by atoms with E-state index in [1.807, 2.05) is 17.0 Å². The second-order valence-corrected chi connectivity index (χ2v) is 13.8. The number of thiazole rings is 1. The van der Waals surface area contributed by atoms with Crippen LogP contribution in [0.2, 0.25) is 5.02 Å². The number of fused-ring (bicyclic) bond motifs is 2. The van der Waals surface area contributed by atoms with Crippen molar-refractivity contribution in [1.82, 2.24) is 0 Å². The van der Waals surface area contributed by atoms with Gasteiger partial charge in [0.1, 0.15) is 11.7 Å². The molecule has 2 heterocycles. The number of unbranched alkanes of at least 4 members (excludes halogenated alkanes) is 1. The van der Waals surface area contributed by atoms with E-state index >= 15 is 0 Å². The highest BCUT2D eigenvalue weighted by Crippen LogP contribution is 2.41. The summed E-state index contributed by atoms with van der Waals surface area (Å²) in [4.78, 5) is 4.61. The average molecular weight is 612 g/mol. The van der Waals surface area contributed by atoms with Gasteiger partial charge in [0.2, 0.25) is 11.4 Å². The molecule has 1 aromatic heterocycles. The number of halogens is 1. The Morgan fingerprint density at radius 1 is 1.18 bits per heavy atom. The molecule has 0 saturated heterocycles. The van der Waals surface area contributed by atoms with E-state index in [0.717, 1.165) is 29.1 Å². The third kappa shape index (κ3) is 6.89. The number of anilines is 1. The molecular formula is C27H32ClN2O4S4+. The van der Waals surface area contributed by atoms with Crippen LogP contribution in [0, 0.1) is 0 Å². The molecule has 0 fully saturated rings. The highest BCUT2D eigenvalue weighted by molar-refractivity contribution is 8.01. The van der Waals surface area contributed by atoms with E-state index in [-0.39, 0.29) is 5.75 Å². The zero-order chi connectivity index (χ0) is 27.4. The van der Waals surface area contributed by atoms with Crippen LogP contribution in [0.5, 0.6) is 5.75 Å². The first kappa shape index (κ1) is 29.3. The summed E-state index contributed by atoms with van der Waals surface area (Å²) in [6, 6.07) is 10.1. The molecule has 0 atom stereocenters. The van der Waals surface area contributed by atoms with Crippen LogP contribution >= 0.6 is 46.5 Å². The number of benzene rings is 2. The number of aromatic nitrogens is 1. The lowest BCUT2D eigenvalue weighted by atomic mass is 10.1. The average Bonchev–Trinajstić information content (AvgIpc) is 3.36. The van der Waals surface area contributed by atoms with Crippen LogP contribution in [0.4, 0.5) is 5.69 Å². The predicted molar refractivity (Wildman–Crippen MR) is 163 cm³/mol. The molecule has 38 heavy (non-hydrogen) atoms. The highest BCUT2D eigenvalue weighted by atomic mass is 35.5. The van der Waals surface area contributed by atoms with Crippen LogP contribution in [0.1, 0.15) is 37.6 Å². The number of rotatable bonds is 11. The van der Waals surface area contributed by atoms with Gasteiger partial charge in [0.25, 0.3) is 15.1 Å². The number of hydrogen-bond acceptors (Lipinski definition) is 7. The summed E-state index contributed by atoms with van der Waals surface area (Å²) in [6.45, 7) is 2.70. The molecule has 1 N–H and O–H groups in total. The smallest absolute Gasteiger partial charge is 0.264 e. The molecule has 3 aromatic rings. The minimum atomic E-state index is -3.98. The zero-order valence-electron chi connectivity index (χ0n) is 21.9. The second-order valence-electron chi connectivity index (χ2n) is 8.98. The highest BCUT2D eigenvalue weighted by Gasteiger charge is 2.27. The molecule has 6 nitrogen and oxygen atoms in total. The second kappa shape index (κ2) is 12.7. The van der Waals surface area contributed by atoms with Gasteiger partial charge in [-0.2, -0.15) is 13.0 Å². The monoisotopic (exact) mass is 611 g/mol. The topological polar surface area (TPSA) is 70.7 Å². The van der Waals surface area contributed by atoms with Crippen LogP contribution in [0.15, 0.2) is 57.7 Å². The molecule has 2 aromatic carbocycles. The Kier molecular flexibility index (Phi) is 9.76. The summed E-state index contributed by atoms with van der Waals surface area (Å²) in [7, 11) is -1.88. The standard InChI is InChI=1S/C27H31ClN2O4S4/c1-5-8-18(14-27-29(2)21-16-24(35-3)25(36-4)17-23(21)37-27)13-26-30(11-6-7-12-38(31,32)33)20-15-19(28)9-10-22(20)34-26/h9-10,13-17H,5-8,11-12H2,1-4H3/p+1. The molecule has 204 valence electrons. The van der Waals surface area contributed by atoms with Crippen LogP contribution in [-0.2, 0) is 17.2 Å². The summed E-state index contributed by atoms with van der Waals surface area (Å²) in [5, 5.41) is 1.76. The van der Waals surface area contributed by atoms with Gasteiger partial charge in [-0.1, -0.05) is 36.3 Å². The number of ether oxygens (including phenoxy) is 1. The predicted octanol–water partition coefficient (Wildman–Crippen LogP) is 7.41. The van der Waals surface area contributed by atoms with Crippen molar-refractivity contribution in [3.8, 4) is 5.75 Å². The van der Waals surface area contributed by atoms with Gasteiger partial charge in [0.05, 0.1) is 11.4 Å². The first-order valence-electron chi connectivity index (χ1n) is 12.3. The van der Waals surface area contributed by atoms with Crippen molar-refractivity contribution in [3.05, 3.63) is 57.9 Å². The zero-order valence-corrected chi connectivity index (χ0v) is 25.9. The maximum absolute atomic E-state index is 11.2. The molecule has 0 saturated carbocycles. The molecule has 4 rings (SSSR count). The third-order valence-corrected chi connectivity index (χ3v) is 10.1. The number of nitrogens with zero attached hydrogens (tertiary/aromatic N) is 2. The minimum absolute atomic E-state index is 0.261. The molecule has 0 spiro atoms. The molecular weight excluding hydrogens is 580 g/mol. The molecule has 0 radical (unpaired) electrons. The van der Waals surface area contributed by atoms with Crippen molar-refractivity contribution < 1.29 is 22.3 Å². The van der Waals surface area contributed by atoms with Gasteiger partial charge in [-0.15, -0.1) is 23.5 Å². The van der Waals surface area contributed by atoms with E-state index in [4.69, 9.17) is 20.9 Å². The van der Waals surface area contributed by atoms with Crippen molar-refractivity contribution in [2.75, 3.05) is 29.7 Å². The largest absolute Gasteiger partial charge is 0.439 e. The Labute approximate surface area is 242 Å². The Hall–Kier alpha value is -1.69. The maximum Gasteiger partial charge on any atom is 0.264 e. The molecule has 1 aliphatic rings. The van der Waals surface area contributed by atoms with Crippen LogP contribution in [0.25, 0.3) is 16.3 Å². The quantitative estimate of drug-likeness (QED) is 0.105. The van der Waals surface area contributed by atoms with Gasteiger partial charge in [0.15, 0.2) is 5.75 Å². The fraction of sp³-hybridized carbons (Fsp3) is 0.370. The summed E-state index contributed by atoms with van der Waals surface area (Å²) >= 11 is 11.6. The van der Waals surface area contributed by atoms with Crippen molar-refractivity contribution in [1.29, 1.82) is 0 Å². The Balaban J connectivity index is 1.69. The lowest BCUT2D eigenvalue weighted by Gasteiger charge is -2.19. The molecule has 0 aliphatic carbocycles. The first-order chi connectivity index (χ1) is 18.1. The summed E-state index contributed by atoms with van der Waals surface area (Å²) < 4.78 is 41.2. The Morgan fingerprint density at radius 3 is 2.61 bits per heavy atom. The fourth-order valence-electron chi connectivity index (χ4n) is 4.38. The van der Waals surface area contributed by atoms with Crippen molar-refractivity contribution >= 4 is 78.6 Å². The lowest BCUT2D eigenvalue weighted by molar-refractivity contribution is -0.642. The minimum Gasteiger partial charge on any atom is -0.439 e. The molecule has 1 aliphatic heterocycles. The van der Waals surface area contributed by atoms with Crippen LogP contribution < -0.4 is 14.2 Å². The van der Waals surface area contributed by atoms with E-state index in [9.17, 15) is 8.42 Å². The van der Waals surface area contributed by atoms with Crippen LogP contribution in [0.3, 0.4) is 0 Å².